The average Bonchev–Trinajstić information content (AvgIpc) is 3.18. The molecule has 1 N–H and O–H groups in total. The first-order valence-electron chi connectivity index (χ1n) is 12.2. The summed E-state index contributed by atoms with van der Waals surface area (Å²) in [6.07, 6.45) is 2.88. The molecule has 6 heteroatoms. The largest absolute Gasteiger partial charge is 0.458 e. The number of halogens is 1. The molecule has 1 saturated heterocycles. The van der Waals surface area contributed by atoms with Crippen molar-refractivity contribution < 1.29 is 19.0 Å². The Hall–Kier alpha value is -3.77. The van der Waals surface area contributed by atoms with Gasteiger partial charge in [0.25, 0.3) is 0 Å². The molecule has 0 saturated carbocycles. The lowest BCUT2D eigenvalue weighted by Crippen LogP contribution is -2.31. The van der Waals surface area contributed by atoms with Crippen LogP contribution in [0.3, 0.4) is 0 Å². The lowest BCUT2D eigenvalue weighted by molar-refractivity contribution is -0.156. The number of carbonyl (C=O) groups excluding carboxylic acids is 1. The molecule has 1 fully saturated rings. The van der Waals surface area contributed by atoms with Crippen LogP contribution in [0.4, 0.5) is 4.39 Å². The minimum absolute atomic E-state index is 0.0137. The number of hydrogen-bond donors (Lipinski definition) is 1. The van der Waals surface area contributed by atoms with Crippen molar-refractivity contribution in [2.45, 2.75) is 51.7 Å². The van der Waals surface area contributed by atoms with Crippen LogP contribution < -0.4 is 0 Å². The molecule has 4 aromatic rings. The van der Waals surface area contributed by atoms with Crippen molar-refractivity contribution in [3.8, 4) is 22.3 Å². The number of hydrogen-bond acceptors (Lipinski definition) is 4. The van der Waals surface area contributed by atoms with Crippen molar-refractivity contribution in [2.75, 3.05) is 0 Å². The van der Waals surface area contributed by atoms with Crippen molar-refractivity contribution in [2.24, 2.45) is 0 Å². The van der Waals surface area contributed by atoms with Gasteiger partial charge >= 0.3 is 5.97 Å². The first kappa shape index (κ1) is 23.9. The van der Waals surface area contributed by atoms with Crippen molar-refractivity contribution in [1.29, 1.82) is 0 Å². The first-order valence-corrected chi connectivity index (χ1v) is 12.2. The van der Waals surface area contributed by atoms with Crippen LogP contribution in [0.15, 0.2) is 66.7 Å². The van der Waals surface area contributed by atoms with Crippen LogP contribution in [0.2, 0.25) is 0 Å². The summed E-state index contributed by atoms with van der Waals surface area (Å²) in [5.74, 6) is -0.619. The first-order chi connectivity index (χ1) is 17.3. The van der Waals surface area contributed by atoms with E-state index >= 15 is 0 Å². The van der Waals surface area contributed by atoms with Gasteiger partial charge in [0.1, 0.15) is 11.9 Å². The molecular weight excluding hydrogens is 455 g/mol. The highest BCUT2D eigenvalue weighted by molar-refractivity contribution is 5.98. The SMILES string of the molecule is Cc1cc(-c2ccccc2)c2c(-c3ccc(F)cc3)c(C=CC3CC(O)CC(=O)O3)c(C(C)C)nn12. The Morgan fingerprint density at radius 3 is 2.50 bits per heavy atom. The number of nitrogens with zero attached hydrogens (tertiary/aromatic N) is 2. The molecule has 0 aliphatic carbocycles. The number of cyclic esters (lactones) is 1. The molecule has 2 aromatic carbocycles. The van der Waals surface area contributed by atoms with Gasteiger partial charge in [0.15, 0.2) is 0 Å². The molecule has 36 heavy (non-hydrogen) atoms. The third kappa shape index (κ3) is 4.56. The van der Waals surface area contributed by atoms with Crippen LogP contribution in [0.5, 0.6) is 0 Å². The Kier molecular flexibility index (Phi) is 6.46. The molecule has 0 amide bonds. The van der Waals surface area contributed by atoms with Gasteiger partial charge in [-0.3, -0.25) is 4.79 Å². The van der Waals surface area contributed by atoms with Crippen molar-refractivity contribution >= 4 is 17.6 Å². The van der Waals surface area contributed by atoms with Gasteiger partial charge in [0.2, 0.25) is 0 Å². The lowest BCUT2D eigenvalue weighted by Gasteiger charge is -2.24. The number of benzene rings is 2. The van der Waals surface area contributed by atoms with Crippen LogP contribution in [-0.2, 0) is 9.53 Å². The Morgan fingerprint density at radius 2 is 1.83 bits per heavy atom. The third-order valence-electron chi connectivity index (χ3n) is 6.58. The van der Waals surface area contributed by atoms with E-state index in [4.69, 9.17) is 9.84 Å². The number of aliphatic hydroxyl groups excluding tert-OH is 1. The molecule has 2 unspecified atom stereocenters. The number of ether oxygens (including phenoxy) is 1. The van der Waals surface area contributed by atoms with Gasteiger partial charge in [-0.25, -0.2) is 8.91 Å². The van der Waals surface area contributed by atoms with E-state index in [1.807, 2.05) is 41.8 Å². The van der Waals surface area contributed by atoms with Crippen LogP contribution in [0.1, 0.15) is 49.6 Å². The standard InChI is InChI=1S/C30H29FN2O3/c1-18(2)29-25(14-13-24-16-23(34)17-27(35)36-24)28(21-9-11-22(31)12-10-21)30-26(15-19(3)33(30)32-29)20-7-5-4-6-8-20/h4-15,18,23-24,34H,16-17H2,1-3H3. The van der Waals surface area contributed by atoms with E-state index in [0.717, 1.165) is 44.7 Å². The molecule has 1 aliphatic heterocycles. The zero-order valence-corrected chi connectivity index (χ0v) is 20.6. The number of aromatic nitrogens is 2. The maximum absolute atomic E-state index is 13.9. The lowest BCUT2D eigenvalue weighted by atomic mass is 9.91. The Morgan fingerprint density at radius 1 is 1.11 bits per heavy atom. The molecule has 0 spiro atoms. The highest BCUT2D eigenvalue weighted by atomic mass is 19.1. The fraction of sp³-hybridized carbons (Fsp3) is 0.267. The normalized spacial score (nSPS) is 18.3. The van der Waals surface area contributed by atoms with Gasteiger partial charge in [-0.05, 0) is 48.2 Å². The summed E-state index contributed by atoms with van der Waals surface area (Å²) in [5.41, 5.74) is 7.56. The molecule has 0 bridgehead atoms. The number of aryl methyl sites for hydroxylation is 1. The Bertz CT molecular complexity index is 1440. The number of carbonyl (C=O) groups is 1. The van der Waals surface area contributed by atoms with Crippen LogP contribution in [0, 0.1) is 12.7 Å². The van der Waals surface area contributed by atoms with Gasteiger partial charge in [0, 0.05) is 28.8 Å². The highest BCUT2D eigenvalue weighted by Crippen LogP contribution is 2.40. The number of aliphatic hydroxyl groups is 1. The predicted molar refractivity (Wildman–Crippen MR) is 139 cm³/mol. The number of rotatable bonds is 5. The minimum atomic E-state index is -0.722. The number of fused-ring (bicyclic) bond motifs is 1. The second kappa shape index (κ2) is 9.70. The maximum atomic E-state index is 13.9. The summed E-state index contributed by atoms with van der Waals surface area (Å²) in [6, 6.07) is 18.8. The van der Waals surface area contributed by atoms with Crippen LogP contribution in [0.25, 0.3) is 33.8 Å². The summed E-state index contributed by atoms with van der Waals surface area (Å²) < 4.78 is 21.4. The summed E-state index contributed by atoms with van der Waals surface area (Å²) in [7, 11) is 0. The van der Waals surface area contributed by atoms with Crippen LogP contribution in [-0.4, -0.2) is 32.9 Å². The van der Waals surface area contributed by atoms with E-state index in [1.54, 1.807) is 12.1 Å². The maximum Gasteiger partial charge on any atom is 0.309 e. The van der Waals surface area contributed by atoms with Crippen molar-refractivity contribution in [1.82, 2.24) is 9.61 Å². The van der Waals surface area contributed by atoms with E-state index in [-0.39, 0.29) is 18.2 Å². The molecule has 3 heterocycles. The zero-order chi connectivity index (χ0) is 25.4. The monoisotopic (exact) mass is 484 g/mol. The topological polar surface area (TPSA) is 63.8 Å². The molecule has 2 aromatic heterocycles. The molecule has 0 radical (unpaired) electrons. The van der Waals surface area contributed by atoms with E-state index in [1.165, 1.54) is 12.1 Å². The Labute approximate surface area is 209 Å². The van der Waals surface area contributed by atoms with E-state index in [9.17, 15) is 14.3 Å². The summed E-state index contributed by atoms with van der Waals surface area (Å²) in [6.45, 7) is 6.20. The smallest absolute Gasteiger partial charge is 0.309 e. The van der Waals surface area contributed by atoms with Gasteiger partial charge < -0.3 is 9.84 Å². The zero-order valence-electron chi connectivity index (χ0n) is 20.6. The van der Waals surface area contributed by atoms with Crippen LogP contribution >= 0.6 is 0 Å². The van der Waals surface area contributed by atoms with E-state index in [0.29, 0.717) is 6.42 Å². The van der Waals surface area contributed by atoms with E-state index < -0.39 is 18.2 Å². The average molecular weight is 485 g/mol. The summed E-state index contributed by atoms with van der Waals surface area (Å²) in [4.78, 5) is 11.9. The predicted octanol–water partition coefficient (Wildman–Crippen LogP) is 6.32. The second-order valence-electron chi connectivity index (χ2n) is 9.64. The van der Waals surface area contributed by atoms with Gasteiger partial charge in [-0.1, -0.05) is 62.4 Å². The van der Waals surface area contributed by atoms with Gasteiger partial charge in [-0.2, -0.15) is 5.10 Å². The molecule has 1 aliphatic rings. The molecular formula is C30H29FN2O3. The fourth-order valence-electron chi connectivity index (χ4n) is 4.89. The molecule has 5 rings (SSSR count). The second-order valence-corrected chi connectivity index (χ2v) is 9.64. The van der Waals surface area contributed by atoms with Crippen molar-refractivity contribution in [3.63, 3.8) is 0 Å². The summed E-state index contributed by atoms with van der Waals surface area (Å²) in [5, 5.41) is 15.1. The highest BCUT2D eigenvalue weighted by Gasteiger charge is 2.26. The molecule has 2 atom stereocenters. The summed E-state index contributed by atoms with van der Waals surface area (Å²) >= 11 is 0. The van der Waals surface area contributed by atoms with Crippen molar-refractivity contribution in [3.05, 3.63) is 89.5 Å². The fourth-order valence-corrected chi connectivity index (χ4v) is 4.89. The molecule has 5 nitrogen and oxygen atoms in total. The van der Waals surface area contributed by atoms with E-state index in [2.05, 4.69) is 32.0 Å². The quantitative estimate of drug-likeness (QED) is 0.337. The molecule has 184 valence electrons. The third-order valence-corrected chi connectivity index (χ3v) is 6.58. The van der Waals surface area contributed by atoms with Gasteiger partial charge in [-0.15, -0.1) is 0 Å². The van der Waals surface area contributed by atoms with Gasteiger partial charge in [0.05, 0.1) is 23.7 Å². The number of esters is 1. The Balaban J connectivity index is 1.81. The minimum Gasteiger partial charge on any atom is -0.458 e.